The minimum Gasteiger partial charge on any atom is -0.118 e. The highest BCUT2D eigenvalue weighted by Gasteiger charge is 2.57. The molecule has 11 aromatic carbocycles. The largest absolute Gasteiger partial charge is 0.118 e. The molecule has 86 heavy (non-hydrogen) atoms. The van der Waals surface area contributed by atoms with Crippen LogP contribution < -0.4 is 0 Å². The highest BCUT2D eigenvalue weighted by atomic mass is 32.2. The van der Waals surface area contributed by atoms with Crippen LogP contribution in [0, 0.1) is 0 Å². The number of fused-ring (bicyclic) bond motifs is 18. The van der Waals surface area contributed by atoms with Gasteiger partial charge < -0.3 is 0 Å². The summed E-state index contributed by atoms with van der Waals surface area (Å²) in [5.74, 6) is 0. The van der Waals surface area contributed by atoms with Crippen molar-refractivity contribution in [2.75, 3.05) is 0 Å². The van der Waals surface area contributed by atoms with Gasteiger partial charge in [-0.05, 0) is 271 Å². The van der Waals surface area contributed by atoms with Crippen molar-refractivity contribution in [3.05, 3.63) is 156 Å². The highest BCUT2D eigenvalue weighted by Crippen LogP contribution is 2.68. The van der Waals surface area contributed by atoms with Crippen LogP contribution in [0.1, 0.15) is 180 Å². The zero-order valence-electron chi connectivity index (χ0n) is 51.6. The van der Waals surface area contributed by atoms with Gasteiger partial charge in [-0.25, -0.2) is 0 Å². The molecule has 0 aromatic heterocycles. The predicted octanol–water partition coefficient (Wildman–Crippen LogP) is 24.9. The number of hydrogen-bond acceptors (Lipinski definition) is 4. The van der Waals surface area contributed by atoms with Gasteiger partial charge in [0.15, 0.2) is 0 Å². The zero-order valence-corrected chi connectivity index (χ0v) is 54.9. The van der Waals surface area contributed by atoms with E-state index in [0.717, 1.165) is 0 Å². The highest BCUT2D eigenvalue weighted by molar-refractivity contribution is 8.02. The summed E-state index contributed by atoms with van der Waals surface area (Å²) in [6.45, 7) is 20.7. The summed E-state index contributed by atoms with van der Waals surface area (Å²) in [6.07, 6.45) is 20.9. The van der Waals surface area contributed by atoms with Gasteiger partial charge in [-0.1, -0.05) is 152 Å². The molecule has 8 atom stereocenters. The summed E-state index contributed by atoms with van der Waals surface area (Å²) in [6, 6.07) is 56.1. The molecule has 430 valence electrons. The lowest BCUT2D eigenvalue weighted by atomic mass is 9.64. The molecule has 4 heteroatoms. The molecular weight excluding hydrogens is 1110 g/mol. The van der Waals surface area contributed by atoms with Gasteiger partial charge in [0.25, 0.3) is 0 Å². The predicted molar refractivity (Wildman–Crippen MR) is 376 cm³/mol. The maximum absolute atomic E-state index is 2.65. The van der Waals surface area contributed by atoms with Crippen molar-refractivity contribution in [1.29, 1.82) is 0 Å². The Morgan fingerprint density at radius 1 is 0.233 bits per heavy atom. The average Bonchev–Trinajstić information content (AvgIpc) is 1.59. The monoisotopic (exact) mass is 1190 g/mol. The van der Waals surface area contributed by atoms with Crippen molar-refractivity contribution in [2.24, 2.45) is 0 Å². The molecule has 8 aliphatic rings. The Hall–Kier alpha value is -5.10. The summed E-state index contributed by atoms with van der Waals surface area (Å²) < 4.78 is 0.972. The van der Waals surface area contributed by atoms with E-state index in [9.17, 15) is 0 Å². The molecule has 0 bridgehead atoms. The second kappa shape index (κ2) is 17.4. The van der Waals surface area contributed by atoms with Crippen molar-refractivity contribution in [1.82, 2.24) is 0 Å². The van der Waals surface area contributed by atoms with Gasteiger partial charge in [0.05, 0.1) is 0 Å². The molecule has 4 saturated carbocycles. The number of rotatable bonds is 4. The molecule has 0 saturated heterocycles. The van der Waals surface area contributed by atoms with Crippen molar-refractivity contribution >= 4 is 112 Å². The molecule has 4 aliphatic heterocycles. The zero-order chi connectivity index (χ0) is 57.9. The molecular formula is C82H78S4. The first-order valence-electron chi connectivity index (χ1n) is 33.2. The Labute approximate surface area is 526 Å². The van der Waals surface area contributed by atoms with Crippen LogP contribution in [0.5, 0.6) is 0 Å². The van der Waals surface area contributed by atoms with E-state index in [4.69, 9.17) is 0 Å². The van der Waals surface area contributed by atoms with Gasteiger partial charge in [0.2, 0.25) is 0 Å². The first-order valence-corrected chi connectivity index (χ1v) is 36.5. The van der Waals surface area contributed by atoms with E-state index in [0.29, 0.717) is 0 Å². The number of benzene rings is 9. The van der Waals surface area contributed by atoms with E-state index in [-0.39, 0.29) is 40.6 Å². The lowest BCUT2D eigenvalue weighted by Gasteiger charge is -2.45. The van der Waals surface area contributed by atoms with Gasteiger partial charge in [0, 0.05) is 60.2 Å². The van der Waals surface area contributed by atoms with Crippen molar-refractivity contribution in [2.45, 2.75) is 218 Å². The van der Waals surface area contributed by atoms with Crippen LogP contribution in [0.4, 0.5) is 0 Å². The van der Waals surface area contributed by atoms with Crippen molar-refractivity contribution < 1.29 is 0 Å². The van der Waals surface area contributed by atoms with Crippen LogP contribution in [-0.4, -0.2) is 19.0 Å². The molecule has 4 aliphatic carbocycles. The Balaban J connectivity index is 0.846. The van der Waals surface area contributed by atoms with Crippen LogP contribution in [0.15, 0.2) is 153 Å². The summed E-state index contributed by atoms with van der Waals surface area (Å²) in [7, 11) is 0. The lowest BCUT2D eigenvalue weighted by Crippen LogP contribution is -2.43. The molecule has 0 N–H and O–H groups in total. The Bertz CT molecular complexity index is 4240. The molecule has 8 unspecified atom stereocenters. The normalized spacial score (nSPS) is 31.6. The molecule has 11 aromatic rings. The smallest absolute Gasteiger partial charge is 0.0273 e. The SMILES string of the molecule is CC12CCCCC1(C)c1cc(-c3ccc4c5cc6c(cc5c5ccc(-c7ccc8c(c7)C7(C)CCCCC7(C)S8)c3c45)c3ccc(-c4ccc5c(c4)C4(C)CCCCC4(C)S5)c4c(-c5ccc7c(c5)C5(C)CCCCC5(C)S7)ccc6c43)ccc1S2. The third-order valence-electron chi connectivity index (χ3n) is 26.5. The summed E-state index contributed by atoms with van der Waals surface area (Å²) >= 11 is 8.68. The van der Waals surface area contributed by atoms with Crippen LogP contribution in [0.3, 0.4) is 0 Å². The fraction of sp³-hybridized carbons (Fsp3) is 0.390. The molecule has 4 fully saturated rings. The third-order valence-corrected chi connectivity index (χ3v) is 33.2. The van der Waals surface area contributed by atoms with E-state index in [1.165, 1.54) is 231 Å². The van der Waals surface area contributed by atoms with E-state index in [1.807, 2.05) is 0 Å². The molecule has 19 rings (SSSR count). The molecule has 0 radical (unpaired) electrons. The van der Waals surface area contributed by atoms with Crippen molar-refractivity contribution in [3.63, 3.8) is 0 Å². The molecule has 0 amide bonds. The first-order chi connectivity index (χ1) is 41.5. The summed E-state index contributed by atoms with van der Waals surface area (Å²) in [5, 5.41) is 16.7. The fourth-order valence-electron chi connectivity index (χ4n) is 20.4. The molecule has 0 nitrogen and oxygen atoms in total. The van der Waals surface area contributed by atoms with Gasteiger partial charge >= 0.3 is 0 Å². The van der Waals surface area contributed by atoms with Crippen LogP contribution in [-0.2, 0) is 21.7 Å². The van der Waals surface area contributed by atoms with E-state index in [2.05, 4.69) is 236 Å². The maximum Gasteiger partial charge on any atom is 0.0273 e. The molecule has 0 spiro atoms. The minimum atomic E-state index is 0.168. The number of thioether (sulfide) groups is 4. The second-order valence-electron chi connectivity index (χ2n) is 30.4. The Morgan fingerprint density at radius 2 is 0.465 bits per heavy atom. The summed E-state index contributed by atoms with van der Waals surface area (Å²) in [4.78, 5) is 6.01. The van der Waals surface area contributed by atoms with Crippen LogP contribution in [0.2, 0.25) is 0 Å². The molecule has 4 heterocycles. The van der Waals surface area contributed by atoms with E-state index < -0.39 is 0 Å². The third kappa shape index (κ3) is 6.52. The number of hydrogen-bond donors (Lipinski definition) is 0. The quantitative estimate of drug-likeness (QED) is 0.172. The Morgan fingerprint density at radius 3 is 0.709 bits per heavy atom. The lowest BCUT2D eigenvalue weighted by molar-refractivity contribution is 0.260. The van der Waals surface area contributed by atoms with Gasteiger partial charge in [-0.3, -0.25) is 0 Å². The first kappa shape index (κ1) is 52.8. The van der Waals surface area contributed by atoms with Crippen molar-refractivity contribution in [3.8, 4) is 44.5 Å². The second-order valence-corrected chi connectivity index (χ2v) is 36.6. The van der Waals surface area contributed by atoms with Crippen LogP contribution >= 0.6 is 47.0 Å². The van der Waals surface area contributed by atoms with Gasteiger partial charge in [0.1, 0.15) is 0 Å². The fourth-order valence-corrected chi connectivity index (χ4v) is 27.2. The van der Waals surface area contributed by atoms with Crippen LogP contribution in [0.25, 0.3) is 109 Å². The van der Waals surface area contributed by atoms with Gasteiger partial charge in [-0.2, -0.15) is 0 Å². The van der Waals surface area contributed by atoms with Gasteiger partial charge in [-0.15, -0.1) is 47.0 Å². The Kier molecular flexibility index (Phi) is 10.7. The minimum absolute atomic E-state index is 0.168. The van der Waals surface area contributed by atoms with E-state index in [1.54, 1.807) is 22.3 Å². The van der Waals surface area contributed by atoms with E-state index >= 15 is 0 Å². The summed E-state index contributed by atoms with van der Waals surface area (Å²) in [5.41, 5.74) is 18.0. The average molecular weight is 1190 g/mol. The standard InChI is InChI=1S/C82H78S4/c1-75-33-9-13-37-79(75,5)83-67-29-17-47(41-63(67)75)51-21-25-55-59-45-61-57-27-23-53(49-19-31-69-65(43-49)77(3)35-11-15-39-81(77,7)85-69)72-54(50-20-32-70-66(44-50)78(4)36-12-16-40-82(78,8)86-70)24-28-58(74(57)72)62(61)46-60(59)56-26-22-52(71(51)73(55)56)48-18-30-68-64(42-48)76(2)34-10-14-38-80(76,6)84-68/h17-32,41-46H,9-16,33-40H2,1-8H3. The maximum atomic E-state index is 2.65. The topological polar surface area (TPSA) is 0 Å².